The highest BCUT2D eigenvalue weighted by molar-refractivity contribution is 7.99. The molecule has 0 spiro atoms. The molecule has 0 unspecified atom stereocenters. The lowest BCUT2D eigenvalue weighted by Crippen LogP contribution is -2.37. The second-order valence-electron chi connectivity index (χ2n) is 7.52. The summed E-state index contributed by atoms with van der Waals surface area (Å²) in [6, 6.07) is 8.14. The number of carbonyl (C=O) groups is 1. The lowest BCUT2D eigenvalue weighted by atomic mass is 9.69. The third kappa shape index (κ3) is 3.15. The summed E-state index contributed by atoms with van der Waals surface area (Å²) in [6.07, 6.45) is 1.62. The molecule has 3 aromatic rings. The zero-order valence-corrected chi connectivity index (χ0v) is 17.9. The lowest BCUT2D eigenvalue weighted by molar-refractivity contribution is -0.139. The molecule has 4 rings (SSSR count). The Hall–Kier alpha value is -2.61. The van der Waals surface area contributed by atoms with Crippen LogP contribution in [0.3, 0.4) is 0 Å². The van der Waals surface area contributed by atoms with Crippen LogP contribution in [-0.4, -0.2) is 37.5 Å². The van der Waals surface area contributed by atoms with Crippen molar-refractivity contribution in [3.05, 3.63) is 45.7 Å². The first-order valence-electron chi connectivity index (χ1n) is 9.76. The summed E-state index contributed by atoms with van der Waals surface area (Å²) in [4.78, 5) is 30.4. The molecule has 1 aliphatic carbocycles. The number of esters is 1. The van der Waals surface area contributed by atoms with Crippen LogP contribution >= 0.6 is 11.8 Å². The number of carbonyl (C=O) groups excluding carboxylic acids is 1. The maximum Gasteiger partial charge on any atom is 0.316 e. The Balaban J connectivity index is 1.93. The Labute approximate surface area is 173 Å². The van der Waals surface area contributed by atoms with Crippen LogP contribution in [0, 0.1) is 0 Å². The Morgan fingerprint density at radius 3 is 2.79 bits per heavy atom. The number of fused-ring (bicyclic) bond motifs is 4. The molecule has 0 N–H and O–H groups in total. The van der Waals surface area contributed by atoms with Crippen molar-refractivity contribution >= 4 is 23.5 Å². The molecule has 1 atom stereocenters. The number of aryl methyl sites for hydroxylation is 1. The van der Waals surface area contributed by atoms with Gasteiger partial charge in [0.2, 0.25) is 5.78 Å². The van der Waals surface area contributed by atoms with E-state index in [4.69, 9.17) is 9.72 Å². The molecule has 0 radical (unpaired) electrons. The van der Waals surface area contributed by atoms with Crippen molar-refractivity contribution in [2.24, 2.45) is 7.05 Å². The van der Waals surface area contributed by atoms with E-state index < -0.39 is 0 Å². The summed E-state index contributed by atoms with van der Waals surface area (Å²) in [7, 11) is 1.76. The molecule has 0 fully saturated rings. The van der Waals surface area contributed by atoms with E-state index in [0.29, 0.717) is 17.5 Å². The fourth-order valence-corrected chi connectivity index (χ4v) is 4.80. The summed E-state index contributed by atoms with van der Waals surface area (Å²) < 4.78 is 8.12. The molecule has 0 aliphatic heterocycles. The smallest absolute Gasteiger partial charge is 0.316 e. The van der Waals surface area contributed by atoms with Gasteiger partial charge in [0.25, 0.3) is 5.56 Å². The number of hydrogen-bond acceptors (Lipinski definition) is 6. The van der Waals surface area contributed by atoms with E-state index >= 15 is 0 Å². The zero-order chi connectivity index (χ0) is 20.8. The summed E-state index contributed by atoms with van der Waals surface area (Å²) in [6.45, 7) is 6.32. The highest BCUT2D eigenvalue weighted by Crippen LogP contribution is 2.42. The van der Waals surface area contributed by atoms with Crippen LogP contribution in [0.4, 0.5) is 0 Å². The molecular formula is C21H24N4O3S. The van der Waals surface area contributed by atoms with E-state index in [9.17, 15) is 9.59 Å². The second kappa shape index (κ2) is 7.33. The van der Waals surface area contributed by atoms with E-state index in [1.54, 1.807) is 18.7 Å². The fraction of sp³-hybridized carbons (Fsp3) is 0.429. The van der Waals surface area contributed by atoms with E-state index in [1.165, 1.54) is 21.7 Å². The summed E-state index contributed by atoms with van der Waals surface area (Å²) >= 11 is 1.19. The molecule has 0 bridgehead atoms. The van der Waals surface area contributed by atoms with Crippen molar-refractivity contribution in [3.63, 3.8) is 0 Å². The van der Waals surface area contributed by atoms with E-state index in [2.05, 4.69) is 25.0 Å². The Bertz CT molecular complexity index is 1170. The van der Waals surface area contributed by atoms with Gasteiger partial charge in [0.05, 0.1) is 23.6 Å². The average Bonchev–Trinajstić information content (AvgIpc) is 3.02. The molecule has 1 aliphatic rings. The van der Waals surface area contributed by atoms with E-state index in [0.717, 1.165) is 29.7 Å². The Kier molecular flexibility index (Phi) is 4.98. The first kappa shape index (κ1) is 19.7. The molecule has 1 aromatic carbocycles. The number of benzene rings is 1. The van der Waals surface area contributed by atoms with Gasteiger partial charge >= 0.3 is 5.97 Å². The predicted octanol–water partition coefficient (Wildman–Crippen LogP) is 2.97. The van der Waals surface area contributed by atoms with Gasteiger partial charge in [0.1, 0.15) is 0 Å². The molecule has 0 saturated carbocycles. The number of hydrogen-bond donors (Lipinski definition) is 0. The standard InChI is InChI=1S/C21H24N4O3S/c1-5-21(3)11-13-9-7-8-10-14(13)17-16(21)18(27)25-19(22-17)24(4)23-20(25)29-12-15(26)28-6-2/h7-10H,5-6,11-12H2,1-4H3/t21-/m1/s1. The summed E-state index contributed by atoms with van der Waals surface area (Å²) in [5.74, 6) is 0.232. The largest absolute Gasteiger partial charge is 0.465 e. The minimum atomic E-state index is -0.331. The van der Waals surface area contributed by atoms with Gasteiger partial charge in [-0.15, -0.1) is 5.10 Å². The highest BCUT2D eigenvalue weighted by Gasteiger charge is 2.38. The van der Waals surface area contributed by atoms with Crippen LogP contribution in [0.15, 0.2) is 34.2 Å². The van der Waals surface area contributed by atoms with Crippen molar-refractivity contribution in [2.45, 2.75) is 44.2 Å². The van der Waals surface area contributed by atoms with Crippen molar-refractivity contribution < 1.29 is 9.53 Å². The molecule has 2 heterocycles. The monoisotopic (exact) mass is 412 g/mol. The van der Waals surface area contributed by atoms with Crippen LogP contribution < -0.4 is 5.56 Å². The number of nitrogens with zero attached hydrogens (tertiary/aromatic N) is 4. The molecule has 7 nitrogen and oxygen atoms in total. The van der Waals surface area contributed by atoms with E-state index in [1.807, 2.05) is 18.2 Å². The second-order valence-corrected chi connectivity index (χ2v) is 8.47. The quantitative estimate of drug-likeness (QED) is 0.474. The van der Waals surface area contributed by atoms with Gasteiger partial charge in [-0.25, -0.2) is 14.1 Å². The molecule has 2 aromatic heterocycles. The van der Waals surface area contributed by atoms with Crippen LogP contribution in [0.1, 0.15) is 38.3 Å². The molecular weight excluding hydrogens is 388 g/mol. The molecule has 29 heavy (non-hydrogen) atoms. The van der Waals surface area contributed by atoms with Crippen LogP contribution in [-0.2, 0) is 28.4 Å². The predicted molar refractivity (Wildman–Crippen MR) is 112 cm³/mol. The maximum atomic E-state index is 13.7. The SMILES string of the molecule is CCOC(=O)CSc1nn(C)c2nc3c(c(=O)n12)[C@](C)(CC)Cc1ccccc1-3. The minimum absolute atomic E-state index is 0.0946. The Morgan fingerprint density at radius 1 is 1.31 bits per heavy atom. The van der Waals surface area contributed by atoms with Gasteiger partial charge in [-0.3, -0.25) is 9.59 Å². The first-order chi connectivity index (χ1) is 13.9. The molecule has 152 valence electrons. The van der Waals surface area contributed by atoms with Crippen molar-refractivity contribution in [1.82, 2.24) is 19.2 Å². The summed E-state index contributed by atoms with van der Waals surface area (Å²) in [5, 5.41) is 4.91. The minimum Gasteiger partial charge on any atom is -0.465 e. The van der Waals surface area contributed by atoms with Gasteiger partial charge < -0.3 is 4.74 Å². The molecule has 8 heteroatoms. The third-order valence-corrected chi connectivity index (χ3v) is 6.55. The van der Waals surface area contributed by atoms with Crippen molar-refractivity contribution in [1.29, 1.82) is 0 Å². The fourth-order valence-electron chi connectivity index (χ4n) is 3.99. The average molecular weight is 413 g/mol. The highest BCUT2D eigenvalue weighted by atomic mass is 32.2. The van der Waals surface area contributed by atoms with Crippen LogP contribution in [0.2, 0.25) is 0 Å². The number of rotatable bonds is 5. The number of thioether (sulfide) groups is 1. The maximum absolute atomic E-state index is 13.7. The lowest BCUT2D eigenvalue weighted by Gasteiger charge is -2.34. The van der Waals surface area contributed by atoms with Gasteiger partial charge in [-0.2, -0.15) is 0 Å². The normalized spacial score (nSPS) is 17.8. The third-order valence-electron chi connectivity index (χ3n) is 5.64. The molecule has 0 saturated heterocycles. The molecule has 0 amide bonds. The van der Waals surface area contributed by atoms with Gasteiger partial charge in [0, 0.05) is 18.0 Å². The number of aromatic nitrogens is 4. The van der Waals surface area contributed by atoms with Crippen molar-refractivity contribution in [2.75, 3.05) is 12.4 Å². The topological polar surface area (TPSA) is 78.5 Å². The van der Waals surface area contributed by atoms with Gasteiger partial charge in [-0.05, 0) is 25.3 Å². The van der Waals surface area contributed by atoms with Crippen LogP contribution in [0.25, 0.3) is 17.0 Å². The Morgan fingerprint density at radius 2 is 2.07 bits per heavy atom. The van der Waals surface area contributed by atoms with Gasteiger partial charge in [0.15, 0.2) is 5.16 Å². The van der Waals surface area contributed by atoms with Crippen LogP contribution in [0.5, 0.6) is 0 Å². The summed E-state index contributed by atoms with van der Waals surface area (Å²) in [5.41, 5.74) is 3.26. The first-order valence-corrected chi connectivity index (χ1v) is 10.7. The van der Waals surface area contributed by atoms with Crippen molar-refractivity contribution in [3.8, 4) is 11.3 Å². The van der Waals surface area contributed by atoms with Gasteiger partial charge in [-0.1, -0.05) is 49.9 Å². The zero-order valence-electron chi connectivity index (χ0n) is 17.1. The van der Waals surface area contributed by atoms with E-state index in [-0.39, 0.29) is 22.7 Å². The number of ether oxygens (including phenoxy) is 1.